The van der Waals surface area contributed by atoms with Gasteiger partial charge in [0.2, 0.25) is 10.9 Å². The van der Waals surface area contributed by atoms with Crippen LogP contribution in [0.15, 0.2) is 12.3 Å². The minimum atomic E-state index is -1.64. The molecule has 2 aromatic rings. The van der Waals surface area contributed by atoms with Gasteiger partial charge in [-0.25, -0.2) is 19.4 Å². The van der Waals surface area contributed by atoms with E-state index in [4.69, 9.17) is 47.4 Å². The van der Waals surface area contributed by atoms with Crippen molar-refractivity contribution >= 4 is 58.6 Å². The number of amides is 2. The zero-order valence-electron chi connectivity index (χ0n) is 23.5. The monoisotopic (exact) mass is 636 g/mol. The van der Waals surface area contributed by atoms with E-state index in [2.05, 4.69) is 26.5 Å². The number of nitrogens with zero attached hydrogens (tertiary/aromatic N) is 3. The van der Waals surface area contributed by atoms with Gasteiger partial charge in [-0.1, -0.05) is 18.8 Å². The lowest BCUT2D eigenvalue weighted by molar-refractivity contribution is -0.105. The summed E-state index contributed by atoms with van der Waals surface area (Å²) in [5.41, 5.74) is 4.73. The number of unbranched alkanes of at least 4 members (excludes halogenated alkanes) is 2. The molecule has 16 heteroatoms. The highest BCUT2D eigenvalue weighted by atomic mass is 35.5. The maximum Gasteiger partial charge on any atom is 0.508 e. The molecule has 6 atom stereocenters. The Morgan fingerprint density at radius 1 is 1.26 bits per heavy atom. The molecule has 0 spiro atoms. The molecule has 0 saturated carbocycles. The largest absolute Gasteiger partial charge is 0.508 e. The fourth-order valence-electron chi connectivity index (χ4n) is 5.51. The van der Waals surface area contributed by atoms with E-state index in [0.29, 0.717) is 22.7 Å². The molecule has 232 valence electrons. The Hall–Kier alpha value is -3.61. The molecule has 2 aromatic heterocycles. The van der Waals surface area contributed by atoms with Gasteiger partial charge in [-0.05, 0) is 37.4 Å². The second kappa shape index (κ2) is 13.4. The molecular formula is C27H33ClN6O8S. The first-order valence-corrected chi connectivity index (χ1v) is 15.4. The Balaban J connectivity index is 1.14. The Bertz CT molecular complexity index is 1400. The molecular weight excluding hydrogens is 604 g/mol. The fourth-order valence-corrected chi connectivity index (χ4v) is 7.22. The number of halogens is 1. The molecule has 2 amide bonds. The van der Waals surface area contributed by atoms with Gasteiger partial charge in [0.05, 0.1) is 30.7 Å². The van der Waals surface area contributed by atoms with E-state index in [1.54, 1.807) is 23.8 Å². The van der Waals surface area contributed by atoms with E-state index < -0.39 is 36.9 Å². The molecule has 43 heavy (non-hydrogen) atoms. The molecule has 3 saturated heterocycles. The number of ether oxygens (including phenoxy) is 5. The van der Waals surface area contributed by atoms with Crippen molar-refractivity contribution in [2.75, 3.05) is 31.3 Å². The van der Waals surface area contributed by atoms with Crippen molar-refractivity contribution in [2.45, 2.75) is 74.3 Å². The van der Waals surface area contributed by atoms with E-state index in [1.165, 1.54) is 0 Å². The Labute approximate surface area is 257 Å². The number of thioether (sulfide) groups is 1. The summed E-state index contributed by atoms with van der Waals surface area (Å²) in [6, 6.07) is 1.96. The number of carbonyl (C=O) groups excluding carboxylic acids is 3. The van der Waals surface area contributed by atoms with Crippen LogP contribution in [0.1, 0.15) is 45.3 Å². The molecule has 3 aliphatic rings. The number of nitrogens with one attached hydrogen (secondary N) is 2. The van der Waals surface area contributed by atoms with Gasteiger partial charge in [-0.3, -0.25) is 0 Å². The van der Waals surface area contributed by atoms with Crippen LogP contribution in [0.5, 0.6) is 0 Å². The molecule has 4 N–H and O–H groups in total. The Morgan fingerprint density at radius 3 is 2.88 bits per heavy atom. The van der Waals surface area contributed by atoms with Gasteiger partial charge in [0.1, 0.15) is 24.3 Å². The van der Waals surface area contributed by atoms with Crippen LogP contribution in [-0.2, 0) is 23.7 Å². The molecule has 0 aliphatic carbocycles. The SMILES string of the molecule is C#C[C@]1(COC(=O)OCCCCC[C@@H]2SC[C@@H]3NC(=O)N[C@@H]32)O[C@@H](n2ccc3c(N)nc(Cl)nc32)C[C@@H]1OC(=O)OCC. The second-order valence-electron chi connectivity index (χ2n) is 10.3. The second-order valence-corrected chi connectivity index (χ2v) is 11.9. The average Bonchev–Trinajstić information content (AvgIpc) is 3.73. The van der Waals surface area contributed by atoms with E-state index in [1.807, 2.05) is 11.8 Å². The van der Waals surface area contributed by atoms with Gasteiger partial charge in [0, 0.05) is 23.6 Å². The van der Waals surface area contributed by atoms with Crippen molar-refractivity contribution < 1.29 is 38.1 Å². The van der Waals surface area contributed by atoms with Crippen molar-refractivity contribution in [3.63, 3.8) is 0 Å². The number of hydrogen-bond acceptors (Lipinski definition) is 12. The summed E-state index contributed by atoms with van der Waals surface area (Å²) in [5.74, 6) is 3.61. The zero-order chi connectivity index (χ0) is 30.6. The molecule has 0 bridgehead atoms. The zero-order valence-corrected chi connectivity index (χ0v) is 25.0. The van der Waals surface area contributed by atoms with Gasteiger partial charge >= 0.3 is 18.3 Å². The number of anilines is 1. The Kier molecular flexibility index (Phi) is 9.58. The van der Waals surface area contributed by atoms with E-state index in [-0.39, 0.29) is 48.9 Å². The van der Waals surface area contributed by atoms with Crippen molar-refractivity contribution in [2.24, 2.45) is 0 Å². The van der Waals surface area contributed by atoms with Gasteiger partial charge in [-0.2, -0.15) is 16.7 Å². The van der Waals surface area contributed by atoms with E-state index in [9.17, 15) is 14.4 Å². The highest BCUT2D eigenvalue weighted by molar-refractivity contribution is 8.00. The van der Waals surface area contributed by atoms with E-state index >= 15 is 0 Å². The molecule has 3 aliphatic heterocycles. The number of carbonyl (C=O) groups is 3. The standard InChI is InChI=1S/C27H33ClN6O8S/c1-3-27(14-40-25(36)39-11-7-5-6-8-17-20-16(13-43-17)30-24(35)31-20)18(41-26(37)38-4-2)12-19(42-27)34-10-9-15-21(29)32-23(28)33-22(15)34/h1,9-10,16-20H,4-8,11-14H2,2H3,(H2,29,32,33)(H2,30,31,35)/t16-,17-,18-,19+,20-,27+/m0/s1. The number of nitrogen functional groups attached to an aromatic ring is 1. The predicted octanol–water partition coefficient (Wildman–Crippen LogP) is 3.38. The molecule has 5 heterocycles. The average molecular weight is 637 g/mol. The topological polar surface area (TPSA) is 178 Å². The lowest BCUT2D eigenvalue weighted by Crippen LogP contribution is -2.45. The van der Waals surface area contributed by atoms with Crippen LogP contribution >= 0.6 is 23.4 Å². The minimum absolute atomic E-state index is 0.0535. The number of terminal acetylenes is 1. The summed E-state index contributed by atoms with van der Waals surface area (Å²) in [5, 5.41) is 6.79. The number of fused-ring (bicyclic) bond motifs is 2. The first kappa shape index (κ1) is 30.8. The van der Waals surface area contributed by atoms with Crippen LogP contribution in [0.4, 0.5) is 20.2 Å². The maximum atomic E-state index is 12.4. The molecule has 0 radical (unpaired) electrons. The van der Waals surface area contributed by atoms with Gasteiger partial charge in [0.25, 0.3) is 0 Å². The summed E-state index contributed by atoms with van der Waals surface area (Å²) in [6.45, 7) is 1.44. The highest BCUT2D eigenvalue weighted by Gasteiger charge is 2.53. The summed E-state index contributed by atoms with van der Waals surface area (Å²) in [4.78, 5) is 44.4. The maximum absolute atomic E-state index is 12.4. The quantitative estimate of drug-likeness (QED) is 0.108. The number of urea groups is 1. The normalized spacial score (nSPS) is 27.7. The van der Waals surface area contributed by atoms with Crippen LogP contribution in [0.2, 0.25) is 5.28 Å². The van der Waals surface area contributed by atoms with E-state index in [0.717, 1.165) is 25.0 Å². The number of hydrogen-bond donors (Lipinski definition) is 3. The Morgan fingerprint density at radius 2 is 2.09 bits per heavy atom. The predicted molar refractivity (Wildman–Crippen MR) is 156 cm³/mol. The molecule has 0 unspecified atom stereocenters. The van der Waals surface area contributed by atoms with Crippen LogP contribution in [0.3, 0.4) is 0 Å². The van der Waals surface area contributed by atoms with Crippen molar-refractivity contribution in [1.29, 1.82) is 0 Å². The summed E-state index contributed by atoms with van der Waals surface area (Å²) >= 11 is 7.88. The van der Waals surface area contributed by atoms with Crippen molar-refractivity contribution in [3.05, 3.63) is 17.5 Å². The molecule has 3 fully saturated rings. The molecule has 5 rings (SSSR count). The smallest absolute Gasteiger partial charge is 0.435 e. The van der Waals surface area contributed by atoms with Gasteiger partial charge < -0.3 is 44.6 Å². The van der Waals surface area contributed by atoms with Gasteiger partial charge in [0.15, 0.2) is 6.10 Å². The van der Waals surface area contributed by atoms with Crippen LogP contribution in [-0.4, -0.2) is 87.5 Å². The van der Waals surface area contributed by atoms with Crippen molar-refractivity contribution in [3.8, 4) is 12.3 Å². The number of rotatable bonds is 11. The summed E-state index contributed by atoms with van der Waals surface area (Å²) < 4.78 is 28.9. The third-order valence-electron chi connectivity index (χ3n) is 7.61. The third-order valence-corrected chi connectivity index (χ3v) is 9.28. The third kappa shape index (κ3) is 6.81. The molecule has 14 nitrogen and oxygen atoms in total. The number of aromatic nitrogens is 3. The fraction of sp³-hybridized carbons (Fsp3) is 0.593. The van der Waals surface area contributed by atoms with Crippen molar-refractivity contribution in [1.82, 2.24) is 25.2 Å². The molecule has 0 aromatic carbocycles. The lowest BCUT2D eigenvalue weighted by Gasteiger charge is -2.28. The highest BCUT2D eigenvalue weighted by Crippen LogP contribution is 2.41. The van der Waals surface area contributed by atoms with Crippen LogP contribution < -0.4 is 16.4 Å². The minimum Gasteiger partial charge on any atom is -0.435 e. The summed E-state index contributed by atoms with van der Waals surface area (Å²) in [7, 11) is 0. The summed E-state index contributed by atoms with van der Waals surface area (Å²) in [6.07, 6.45) is 7.35. The van der Waals surface area contributed by atoms with Crippen LogP contribution in [0.25, 0.3) is 11.0 Å². The lowest BCUT2D eigenvalue weighted by atomic mass is 9.98. The first-order chi connectivity index (χ1) is 20.7. The first-order valence-electron chi connectivity index (χ1n) is 14.0. The van der Waals surface area contributed by atoms with Gasteiger partial charge in [-0.15, -0.1) is 6.42 Å². The number of nitrogens with two attached hydrogens (primary N) is 1. The van der Waals surface area contributed by atoms with Crippen LogP contribution in [0, 0.1) is 12.3 Å².